The summed E-state index contributed by atoms with van der Waals surface area (Å²) in [6.07, 6.45) is 0. The van der Waals surface area contributed by atoms with Gasteiger partial charge in [-0.1, -0.05) is 0 Å². The van der Waals surface area contributed by atoms with Crippen LogP contribution in [0.15, 0.2) is 6.07 Å². The van der Waals surface area contributed by atoms with E-state index in [0.29, 0.717) is 18.2 Å². The summed E-state index contributed by atoms with van der Waals surface area (Å²) in [7, 11) is 0. The van der Waals surface area contributed by atoms with Crippen molar-refractivity contribution >= 4 is 11.9 Å². The van der Waals surface area contributed by atoms with Crippen molar-refractivity contribution in [2.45, 2.75) is 6.92 Å². The minimum atomic E-state index is -1.04. The zero-order valence-electron chi connectivity index (χ0n) is 10.9. The second kappa shape index (κ2) is 6.44. The Bertz CT molecular complexity index is 447. The van der Waals surface area contributed by atoms with Crippen LogP contribution in [0.25, 0.3) is 0 Å². The highest BCUT2D eigenvalue weighted by Crippen LogP contribution is 2.05. The van der Waals surface area contributed by atoms with Crippen molar-refractivity contribution in [1.29, 1.82) is 0 Å². The lowest BCUT2D eigenvalue weighted by molar-refractivity contribution is 0.0398. The lowest BCUT2D eigenvalue weighted by Gasteiger charge is -2.26. The molecule has 1 aliphatic heterocycles. The zero-order chi connectivity index (χ0) is 13.7. The van der Waals surface area contributed by atoms with E-state index in [9.17, 15) is 4.79 Å². The van der Waals surface area contributed by atoms with Crippen LogP contribution in [0.2, 0.25) is 0 Å². The molecule has 1 aliphatic rings. The van der Waals surface area contributed by atoms with Gasteiger partial charge in [-0.15, -0.1) is 0 Å². The number of carboxylic acid groups (broad SMARTS) is 1. The SMILES string of the molecule is Cc1cc(C(=O)O)nc(NCCN2CCOCC2)n1. The molecule has 0 unspecified atom stereocenters. The van der Waals surface area contributed by atoms with Crippen LogP contribution >= 0.6 is 0 Å². The van der Waals surface area contributed by atoms with Crippen LogP contribution in [0.1, 0.15) is 16.2 Å². The standard InChI is InChI=1S/C12H18N4O3/c1-9-8-10(11(17)18)15-12(14-9)13-2-3-16-4-6-19-7-5-16/h8H,2-7H2,1H3,(H,17,18)(H,13,14,15). The van der Waals surface area contributed by atoms with E-state index < -0.39 is 5.97 Å². The van der Waals surface area contributed by atoms with Gasteiger partial charge in [0, 0.05) is 31.9 Å². The predicted molar refractivity (Wildman–Crippen MR) is 69.5 cm³/mol. The molecule has 2 rings (SSSR count). The summed E-state index contributed by atoms with van der Waals surface area (Å²) in [6, 6.07) is 1.45. The molecule has 0 aromatic carbocycles. The number of nitrogens with one attached hydrogen (secondary N) is 1. The van der Waals surface area contributed by atoms with Crippen molar-refractivity contribution in [1.82, 2.24) is 14.9 Å². The largest absolute Gasteiger partial charge is 0.477 e. The maximum atomic E-state index is 10.9. The van der Waals surface area contributed by atoms with E-state index in [4.69, 9.17) is 9.84 Å². The molecular weight excluding hydrogens is 248 g/mol. The molecule has 104 valence electrons. The van der Waals surface area contributed by atoms with E-state index in [0.717, 1.165) is 32.8 Å². The Morgan fingerprint density at radius 1 is 1.47 bits per heavy atom. The zero-order valence-corrected chi connectivity index (χ0v) is 10.9. The van der Waals surface area contributed by atoms with E-state index >= 15 is 0 Å². The van der Waals surface area contributed by atoms with Crippen LogP contribution in [0, 0.1) is 6.92 Å². The third kappa shape index (κ3) is 4.15. The summed E-state index contributed by atoms with van der Waals surface area (Å²) in [5, 5.41) is 12.0. The van der Waals surface area contributed by atoms with E-state index in [-0.39, 0.29) is 5.69 Å². The molecule has 2 N–H and O–H groups in total. The van der Waals surface area contributed by atoms with Crippen LogP contribution in [0.5, 0.6) is 0 Å². The molecule has 1 saturated heterocycles. The average Bonchev–Trinajstić information content (AvgIpc) is 2.39. The fourth-order valence-electron chi connectivity index (χ4n) is 1.91. The number of nitrogens with zero attached hydrogens (tertiary/aromatic N) is 3. The highest BCUT2D eigenvalue weighted by atomic mass is 16.5. The van der Waals surface area contributed by atoms with E-state index in [2.05, 4.69) is 20.2 Å². The Balaban J connectivity index is 1.86. The summed E-state index contributed by atoms with van der Waals surface area (Å²) in [6.45, 7) is 6.69. The molecular formula is C12H18N4O3. The smallest absolute Gasteiger partial charge is 0.354 e. The minimum Gasteiger partial charge on any atom is -0.477 e. The number of carboxylic acids is 1. The maximum absolute atomic E-state index is 10.9. The first-order valence-corrected chi connectivity index (χ1v) is 6.28. The Labute approximate surface area is 111 Å². The van der Waals surface area contributed by atoms with Gasteiger partial charge in [0.25, 0.3) is 0 Å². The van der Waals surface area contributed by atoms with Crippen molar-refractivity contribution in [3.8, 4) is 0 Å². The summed E-state index contributed by atoms with van der Waals surface area (Å²) in [4.78, 5) is 21.3. The number of anilines is 1. The minimum absolute atomic E-state index is 0.0152. The summed E-state index contributed by atoms with van der Waals surface area (Å²) in [5.74, 6) is -0.674. The first kappa shape index (κ1) is 13.7. The number of rotatable bonds is 5. The normalized spacial score (nSPS) is 16.3. The van der Waals surface area contributed by atoms with Gasteiger partial charge in [0.05, 0.1) is 13.2 Å². The van der Waals surface area contributed by atoms with Gasteiger partial charge < -0.3 is 15.2 Å². The van der Waals surface area contributed by atoms with Gasteiger partial charge in [0.1, 0.15) is 0 Å². The monoisotopic (exact) mass is 266 g/mol. The lowest BCUT2D eigenvalue weighted by Crippen LogP contribution is -2.39. The highest BCUT2D eigenvalue weighted by Gasteiger charge is 2.11. The van der Waals surface area contributed by atoms with Gasteiger partial charge in [-0.05, 0) is 13.0 Å². The van der Waals surface area contributed by atoms with E-state index in [1.165, 1.54) is 6.07 Å². The van der Waals surface area contributed by atoms with Crippen LogP contribution in [0.3, 0.4) is 0 Å². The number of carbonyl (C=O) groups is 1. The van der Waals surface area contributed by atoms with Gasteiger partial charge >= 0.3 is 5.97 Å². The second-order valence-electron chi connectivity index (χ2n) is 4.40. The third-order valence-corrected chi connectivity index (χ3v) is 2.89. The molecule has 7 nitrogen and oxygen atoms in total. The Kier molecular flexibility index (Phi) is 4.64. The van der Waals surface area contributed by atoms with Gasteiger partial charge in [-0.3, -0.25) is 4.90 Å². The molecule has 1 aromatic heterocycles. The van der Waals surface area contributed by atoms with E-state index in [1.54, 1.807) is 6.92 Å². The van der Waals surface area contributed by atoms with Crippen LogP contribution in [-0.4, -0.2) is 65.3 Å². The quantitative estimate of drug-likeness (QED) is 0.788. The molecule has 1 aromatic rings. The van der Waals surface area contributed by atoms with Gasteiger partial charge in [-0.25, -0.2) is 14.8 Å². The maximum Gasteiger partial charge on any atom is 0.354 e. The first-order chi connectivity index (χ1) is 9.15. The molecule has 7 heteroatoms. The predicted octanol–water partition coefficient (Wildman–Crippen LogP) is 0.227. The fraction of sp³-hybridized carbons (Fsp3) is 0.583. The van der Waals surface area contributed by atoms with Crippen molar-refractivity contribution in [3.05, 3.63) is 17.5 Å². The molecule has 0 radical (unpaired) electrons. The number of aryl methyl sites for hydroxylation is 1. The van der Waals surface area contributed by atoms with Crippen LogP contribution < -0.4 is 5.32 Å². The summed E-state index contributed by atoms with van der Waals surface area (Å²) >= 11 is 0. The molecule has 0 spiro atoms. The third-order valence-electron chi connectivity index (χ3n) is 2.89. The Hall–Kier alpha value is -1.73. The molecule has 0 atom stereocenters. The summed E-state index contributed by atoms with van der Waals surface area (Å²) in [5.41, 5.74) is 0.655. The molecule has 0 bridgehead atoms. The second-order valence-corrected chi connectivity index (χ2v) is 4.40. The topological polar surface area (TPSA) is 87.6 Å². The van der Waals surface area contributed by atoms with Crippen molar-refractivity contribution in [2.24, 2.45) is 0 Å². The van der Waals surface area contributed by atoms with Crippen LogP contribution in [-0.2, 0) is 4.74 Å². The molecule has 2 heterocycles. The molecule has 19 heavy (non-hydrogen) atoms. The van der Waals surface area contributed by atoms with Crippen molar-refractivity contribution in [2.75, 3.05) is 44.7 Å². The Morgan fingerprint density at radius 3 is 2.89 bits per heavy atom. The van der Waals surface area contributed by atoms with Gasteiger partial charge in [0.15, 0.2) is 5.69 Å². The number of aromatic carboxylic acids is 1. The van der Waals surface area contributed by atoms with Gasteiger partial charge in [0.2, 0.25) is 5.95 Å². The van der Waals surface area contributed by atoms with Crippen LogP contribution in [0.4, 0.5) is 5.95 Å². The highest BCUT2D eigenvalue weighted by molar-refractivity contribution is 5.85. The fourth-order valence-corrected chi connectivity index (χ4v) is 1.91. The van der Waals surface area contributed by atoms with Crippen molar-refractivity contribution in [3.63, 3.8) is 0 Å². The first-order valence-electron chi connectivity index (χ1n) is 6.28. The van der Waals surface area contributed by atoms with Crippen molar-refractivity contribution < 1.29 is 14.6 Å². The molecule has 0 amide bonds. The number of aromatic nitrogens is 2. The Morgan fingerprint density at radius 2 is 2.21 bits per heavy atom. The molecule has 1 fully saturated rings. The number of hydrogen-bond donors (Lipinski definition) is 2. The lowest BCUT2D eigenvalue weighted by atomic mass is 10.3. The number of ether oxygens (including phenoxy) is 1. The number of morpholine rings is 1. The number of hydrogen-bond acceptors (Lipinski definition) is 6. The molecule has 0 aliphatic carbocycles. The van der Waals surface area contributed by atoms with Gasteiger partial charge in [-0.2, -0.15) is 0 Å². The average molecular weight is 266 g/mol. The van der Waals surface area contributed by atoms with E-state index in [1.807, 2.05) is 0 Å². The summed E-state index contributed by atoms with van der Waals surface area (Å²) < 4.78 is 5.27. The molecule has 0 saturated carbocycles.